The van der Waals surface area contributed by atoms with Gasteiger partial charge in [0.1, 0.15) is 11.9 Å². The minimum absolute atomic E-state index is 0.0226. The van der Waals surface area contributed by atoms with Gasteiger partial charge in [0.25, 0.3) is 5.91 Å². The molecule has 1 atom stereocenters. The number of ether oxygens (including phenoxy) is 2. The second kappa shape index (κ2) is 14.7. The van der Waals surface area contributed by atoms with Gasteiger partial charge in [-0.2, -0.15) is 0 Å². The highest BCUT2D eigenvalue weighted by molar-refractivity contribution is 9.10. The fraction of sp³-hybridized carbons (Fsp3) is 0.286. The average Bonchev–Trinajstić information content (AvgIpc) is 2.89. The molecule has 6 N–H and O–H groups in total. The lowest BCUT2D eigenvalue weighted by atomic mass is 10.0. The number of para-hydroxylation sites is 1. The molecule has 0 spiro atoms. The zero-order chi connectivity index (χ0) is 27.4. The summed E-state index contributed by atoms with van der Waals surface area (Å²) in [6.07, 6.45) is -0.0226. The van der Waals surface area contributed by atoms with E-state index in [9.17, 15) is 4.79 Å². The number of benzene rings is 3. The molecular formula is C28H36BrN5O3. The molecule has 0 fully saturated rings. The zero-order valence-electron chi connectivity index (χ0n) is 21.9. The Morgan fingerprint density at radius 3 is 2.30 bits per heavy atom. The molecule has 0 bridgehead atoms. The summed E-state index contributed by atoms with van der Waals surface area (Å²) in [5.74, 6) is 0.841. The van der Waals surface area contributed by atoms with Crippen molar-refractivity contribution in [2.24, 2.45) is 5.73 Å². The summed E-state index contributed by atoms with van der Waals surface area (Å²) in [5, 5.41) is 10.9. The number of carbonyl (C=O) groups is 1. The van der Waals surface area contributed by atoms with Crippen LogP contribution in [0.5, 0.6) is 11.5 Å². The Labute approximate surface area is 227 Å². The van der Waals surface area contributed by atoms with E-state index in [2.05, 4.69) is 32.1 Å². The lowest BCUT2D eigenvalue weighted by Gasteiger charge is -2.23. The fourth-order valence-electron chi connectivity index (χ4n) is 3.30. The Kier molecular flexibility index (Phi) is 11.8. The first-order valence-electron chi connectivity index (χ1n) is 12.2. The first-order chi connectivity index (χ1) is 17.8. The van der Waals surface area contributed by atoms with Crippen molar-refractivity contribution in [3.05, 3.63) is 82.3 Å². The Bertz CT molecular complexity index is 1170. The van der Waals surface area contributed by atoms with Crippen molar-refractivity contribution in [1.82, 2.24) is 5.43 Å². The molecule has 0 aliphatic heterocycles. The summed E-state index contributed by atoms with van der Waals surface area (Å²) in [4.78, 5) is 13.4. The number of carbonyl (C=O) groups excluding carboxylic acids is 1. The van der Waals surface area contributed by atoms with Crippen LogP contribution in [0.15, 0.2) is 71.2 Å². The minimum Gasteiger partial charge on any atom is -0.490 e. The van der Waals surface area contributed by atoms with Gasteiger partial charge in [0.05, 0.1) is 18.4 Å². The van der Waals surface area contributed by atoms with E-state index in [-0.39, 0.29) is 17.8 Å². The lowest BCUT2D eigenvalue weighted by Crippen LogP contribution is -2.37. The Morgan fingerprint density at radius 1 is 1.03 bits per heavy atom. The molecule has 0 aliphatic carbocycles. The molecule has 1 unspecified atom stereocenters. The summed E-state index contributed by atoms with van der Waals surface area (Å²) in [6, 6.07) is 19.2. The number of hydrogen-bond donors (Lipinski definition) is 5. The quantitative estimate of drug-likeness (QED) is 0.106. The van der Waals surface area contributed by atoms with Gasteiger partial charge in [0, 0.05) is 15.7 Å². The van der Waals surface area contributed by atoms with Crippen LogP contribution >= 0.6 is 15.9 Å². The van der Waals surface area contributed by atoms with Gasteiger partial charge in [0.2, 0.25) is 0 Å². The third-order valence-corrected chi connectivity index (χ3v) is 5.62. The molecule has 3 aromatic carbocycles. The summed E-state index contributed by atoms with van der Waals surface area (Å²) >= 11 is 3.47. The van der Waals surface area contributed by atoms with E-state index in [1.165, 1.54) is 0 Å². The van der Waals surface area contributed by atoms with Gasteiger partial charge >= 0.3 is 0 Å². The number of hydrazine groups is 1. The van der Waals surface area contributed by atoms with E-state index in [1.54, 1.807) is 30.3 Å². The largest absolute Gasteiger partial charge is 0.490 e. The van der Waals surface area contributed by atoms with E-state index in [0.29, 0.717) is 34.9 Å². The molecule has 0 saturated heterocycles. The number of amidine groups is 1. The smallest absolute Gasteiger partial charge is 0.265 e. The molecule has 0 aromatic heterocycles. The molecular weight excluding hydrogens is 534 g/mol. The Balaban J connectivity index is 0.00000235. The maximum atomic E-state index is 13.4. The van der Waals surface area contributed by atoms with Crippen LogP contribution in [0.25, 0.3) is 0 Å². The van der Waals surface area contributed by atoms with Crippen molar-refractivity contribution in [2.45, 2.75) is 46.8 Å². The number of hydrogen-bond acceptors (Lipinski definition) is 6. The molecule has 9 heteroatoms. The van der Waals surface area contributed by atoms with Crippen molar-refractivity contribution < 1.29 is 14.3 Å². The van der Waals surface area contributed by atoms with Crippen LogP contribution < -0.4 is 31.4 Å². The molecule has 0 aliphatic rings. The third-order valence-electron chi connectivity index (χ3n) is 4.93. The van der Waals surface area contributed by atoms with Crippen LogP contribution in [-0.2, 0) is 4.79 Å². The number of nitrogens with two attached hydrogens (primary N) is 1. The SMILES string of the molecule is CC.CCOc1cc(C(Nc2ccc(C(=N)N)cc2)C(=O)NNc2ccccc2Br)ccc1OC(C)C. The topological polar surface area (TPSA) is 121 Å². The minimum atomic E-state index is -0.763. The molecule has 37 heavy (non-hydrogen) atoms. The molecule has 198 valence electrons. The summed E-state index contributed by atoms with van der Waals surface area (Å²) in [5.41, 5.74) is 14.0. The second-order valence-electron chi connectivity index (χ2n) is 7.97. The summed E-state index contributed by atoms with van der Waals surface area (Å²) in [7, 11) is 0. The van der Waals surface area contributed by atoms with Crippen LogP contribution in [0.4, 0.5) is 11.4 Å². The van der Waals surface area contributed by atoms with E-state index in [4.69, 9.17) is 20.6 Å². The van der Waals surface area contributed by atoms with Crippen molar-refractivity contribution in [3.8, 4) is 11.5 Å². The molecule has 3 rings (SSSR count). The van der Waals surface area contributed by atoms with Crippen LogP contribution in [0, 0.1) is 5.41 Å². The Morgan fingerprint density at radius 2 is 1.70 bits per heavy atom. The number of nitrogens with one attached hydrogen (secondary N) is 4. The predicted octanol–water partition coefficient (Wildman–Crippen LogP) is 6.24. The predicted molar refractivity (Wildman–Crippen MR) is 154 cm³/mol. The maximum Gasteiger partial charge on any atom is 0.265 e. The number of rotatable bonds is 11. The van der Waals surface area contributed by atoms with Crippen molar-refractivity contribution in [3.63, 3.8) is 0 Å². The molecule has 0 heterocycles. The highest BCUT2D eigenvalue weighted by Crippen LogP contribution is 2.33. The summed E-state index contributed by atoms with van der Waals surface area (Å²) in [6.45, 7) is 10.2. The lowest BCUT2D eigenvalue weighted by molar-refractivity contribution is -0.121. The van der Waals surface area contributed by atoms with E-state index < -0.39 is 6.04 Å². The zero-order valence-corrected chi connectivity index (χ0v) is 23.5. The average molecular weight is 571 g/mol. The van der Waals surface area contributed by atoms with Crippen molar-refractivity contribution in [2.75, 3.05) is 17.3 Å². The maximum absolute atomic E-state index is 13.4. The third kappa shape index (κ3) is 8.71. The van der Waals surface area contributed by atoms with E-state index in [0.717, 1.165) is 10.2 Å². The highest BCUT2D eigenvalue weighted by Gasteiger charge is 2.23. The highest BCUT2D eigenvalue weighted by atomic mass is 79.9. The summed E-state index contributed by atoms with van der Waals surface area (Å²) < 4.78 is 12.5. The number of halogens is 1. The molecule has 0 saturated carbocycles. The van der Waals surface area contributed by atoms with Crippen LogP contribution in [-0.4, -0.2) is 24.5 Å². The molecule has 3 aromatic rings. The van der Waals surface area contributed by atoms with Gasteiger partial charge < -0.3 is 20.5 Å². The van der Waals surface area contributed by atoms with E-state index in [1.807, 2.05) is 71.0 Å². The van der Waals surface area contributed by atoms with Crippen molar-refractivity contribution >= 4 is 39.0 Å². The monoisotopic (exact) mass is 569 g/mol. The van der Waals surface area contributed by atoms with Gasteiger partial charge in [-0.25, -0.2) is 0 Å². The Hall–Kier alpha value is -3.72. The number of anilines is 2. The van der Waals surface area contributed by atoms with Crippen LogP contribution in [0.1, 0.15) is 51.8 Å². The first kappa shape index (κ1) is 29.5. The normalized spacial score (nSPS) is 11.0. The first-order valence-corrected chi connectivity index (χ1v) is 13.0. The van der Waals surface area contributed by atoms with Gasteiger partial charge in [-0.1, -0.05) is 32.0 Å². The van der Waals surface area contributed by atoms with E-state index >= 15 is 0 Å². The molecule has 1 amide bonds. The molecule has 0 radical (unpaired) electrons. The fourth-order valence-corrected chi connectivity index (χ4v) is 3.68. The second-order valence-corrected chi connectivity index (χ2v) is 8.82. The van der Waals surface area contributed by atoms with Crippen LogP contribution in [0.2, 0.25) is 0 Å². The number of amides is 1. The van der Waals surface area contributed by atoms with Crippen LogP contribution in [0.3, 0.4) is 0 Å². The van der Waals surface area contributed by atoms with Gasteiger partial charge in [-0.05, 0) is 90.8 Å². The molecule has 8 nitrogen and oxygen atoms in total. The van der Waals surface area contributed by atoms with Gasteiger partial charge in [-0.15, -0.1) is 0 Å². The number of nitrogen functional groups attached to an aromatic ring is 1. The van der Waals surface area contributed by atoms with Gasteiger partial charge in [-0.3, -0.25) is 21.1 Å². The standard InChI is InChI=1S/C26H30BrN5O3.C2H6/c1-4-34-23-15-18(11-14-22(23)35-16(2)3)24(30-19-12-9-17(10-13-19)25(28)29)26(33)32-31-21-8-6-5-7-20(21)27;1-2/h5-16,24,30-31H,4H2,1-3H3,(H3,28,29)(H,32,33);1-2H3. The van der Waals surface area contributed by atoms with Gasteiger partial charge in [0.15, 0.2) is 11.5 Å². The van der Waals surface area contributed by atoms with Crippen molar-refractivity contribution in [1.29, 1.82) is 5.41 Å².